The maximum Gasteiger partial charge on any atom is 0.243 e. The Bertz CT molecular complexity index is 399. The number of amides is 1. The van der Waals surface area contributed by atoms with Crippen LogP contribution in [-0.4, -0.2) is 38.0 Å². The molecule has 0 heterocycles. The van der Waals surface area contributed by atoms with Crippen molar-refractivity contribution in [2.24, 2.45) is 0 Å². The maximum absolute atomic E-state index is 12.6. The van der Waals surface area contributed by atoms with E-state index in [0.717, 1.165) is 18.5 Å². The predicted molar refractivity (Wildman–Crippen MR) is 71.6 cm³/mol. The lowest BCUT2D eigenvalue weighted by Crippen LogP contribution is -2.25. The summed E-state index contributed by atoms with van der Waals surface area (Å²) in [5, 5.41) is 2.79. The smallest absolute Gasteiger partial charge is 0.243 e. The molecule has 0 bridgehead atoms. The van der Waals surface area contributed by atoms with E-state index in [1.54, 1.807) is 18.2 Å². The van der Waals surface area contributed by atoms with E-state index >= 15 is 0 Å². The second-order valence-corrected chi connectivity index (χ2v) is 4.33. The number of halogens is 1. The van der Waals surface area contributed by atoms with E-state index in [4.69, 9.17) is 0 Å². The molecule has 1 aromatic rings. The Kier molecular flexibility index (Phi) is 6.08. The number of nitrogens with zero attached hydrogens (tertiary/aromatic N) is 1. The summed E-state index contributed by atoms with van der Waals surface area (Å²) >= 11 is 0. The molecule has 1 rings (SSSR count). The van der Waals surface area contributed by atoms with Gasteiger partial charge in [0.15, 0.2) is 0 Å². The fourth-order valence-corrected chi connectivity index (χ4v) is 1.41. The summed E-state index contributed by atoms with van der Waals surface area (Å²) in [5.41, 5.74) is 0.805. The largest absolute Gasteiger partial charge is 0.353 e. The van der Waals surface area contributed by atoms with Crippen LogP contribution in [0, 0.1) is 5.82 Å². The van der Waals surface area contributed by atoms with Gasteiger partial charge in [0.2, 0.25) is 5.91 Å². The van der Waals surface area contributed by atoms with Gasteiger partial charge in [0, 0.05) is 12.6 Å². The first-order chi connectivity index (χ1) is 8.58. The summed E-state index contributed by atoms with van der Waals surface area (Å²) < 4.78 is 12.6. The molecule has 3 nitrogen and oxygen atoms in total. The van der Waals surface area contributed by atoms with Gasteiger partial charge in [-0.15, -0.1) is 0 Å². The first-order valence-corrected chi connectivity index (χ1v) is 5.94. The average molecular weight is 250 g/mol. The van der Waals surface area contributed by atoms with E-state index in [9.17, 15) is 9.18 Å². The van der Waals surface area contributed by atoms with Crippen LogP contribution in [0.15, 0.2) is 30.3 Å². The Labute approximate surface area is 107 Å². The van der Waals surface area contributed by atoms with Gasteiger partial charge in [-0.25, -0.2) is 4.39 Å². The van der Waals surface area contributed by atoms with Crippen LogP contribution in [0.2, 0.25) is 0 Å². The molecule has 0 unspecified atom stereocenters. The second kappa shape index (κ2) is 7.61. The lowest BCUT2D eigenvalue weighted by Gasteiger charge is -2.08. The van der Waals surface area contributed by atoms with Crippen LogP contribution >= 0.6 is 0 Å². The molecule has 4 heteroatoms. The van der Waals surface area contributed by atoms with E-state index in [-0.39, 0.29) is 11.7 Å². The number of hydrogen-bond acceptors (Lipinski definition) is 2. The monoisotopic (exact) mass is 250 g/mol. The Morgan fingerprint density at radius 2 is 2.00 bits per heavy atom. The number of hydrogen-bond donors (Lipinski definition) is 1. The molecule has 0 aromatic heterocycles. The summed E-state index contributed by atoms with van der Waals surface area (Å²) in [6.07, 6.45) is 4.05. The lowest BCUT2D eigenvalue weighted by molar-refractivity contribution is -0.116. The van der Waals surface area contributed by atoms with Gasteiger partial charge in [-0.3, -0.25) is 4.79 Å². The topological polar surface area (TPSA) is 32.3 Å². The zero-order valence-electron chi connectivity index (χ0n) is 10.8. The molecule has 1 aromatic carbocycles. The summed E-state index contributed by atoms with van der Waals surface area (Å²) in [7, 11) is 3.99. The van der Waals surface area contributed by atoms with Crippen molar-refractivity contribution in [1.29, 1.82) is 0 Å². The highest BCUT2D eigenvalue weighted by Crippen LogP contribution is 2.04. The molecule has 98 valence electrons. The summed E-state index contributed by atoms with van der Waals surface area (Å²) in [4.78, 5) is 13.5. The maximum atomic E-state index is 12.6. The van der Waals surface area contributed by atoms with Gasteiger partial charge >= 0.3 is 0 Å². The first-order valence-electron chi connectivity index (χ1n) is 5.94. The van der Waals surface area contributed by atoms with E-state index < -0.39 is 0 Å². The number of carbonyl (C=O) groups is 1. The minimum Gasteiger partial charge on any atom is -0.353 e. The van der Waals surface area contributed by atoms with Crippen LogP contribution in [-0.2, 0) is 4.79 Å². The number of carbonyl (C=O) groups excluding carboxylic acids is 1. The van der Waals surface area contributed by atoms with Gasteiger partial charge in [0.1, 0.15) is 5.82 Å². The van der Waals surface area contributed by atoms with Crippen LogP contribution in [0.3, 0.4) is 0 Å². The Morgan fingerprint density at radius 1 is 1.33 bits per heavy atom. The molecule has 18 heavy (non-hydrogen) atoms. The summed E-state index contributed by atoms with van der Waals surface area (Å²) in [5.74, 6) is -0.404. The van der Waals surface area contributed by atoms with E-state index in [2.05, 4.69) is 10.2 Å². The van der Waals surface area contributed by atoms with Crippen molar-refractivity contribution < 1.29 is 9.18 Å². The zero-order valence-corrected chi connectivity index (χ0v) is 10.8. The van der Waals surface area contributed by atoms with Crippen molar-refractivity contribution in [3.8, 4) is 0 Å². The molecular formula is C14H19FN2O. The fraction of sp³-hybridized carbons (Fsp3) is 0.357. The number of benzene rings is 1. The minimum absolute atomic E-state index is 0.127. The number of rotatable bonds is 6. The average Bonchev–Trinajstić information content (AvgIpc) is 2.34. The Morgan fingerprint density at radius 3 is 2.61 bits per heavy atom. The van der Waals surface area contributed by atoms with Crippen molar-refractivity contribution in [2.75, 3.05) is 27.2 Å². The molecule has 0 atom stereocenters. The van der Waals surface area contributed by atoms with Crippen molar-refractivity contribution >= 4 is 12.0 Å². The van der Waals surface area contributed by atoms with Crippen LogP contribution in [0.1, 0.15) is 12.0 Å². The normalized spacial score (nSPS) is 11.1. The molecule has 0 spiro atoms. The molecule has 0 aliphatic carbocycles. The van der Waals surface area contributed by atoms with Crippen molar-refractivity contribution in [2.45, 2.75) is 6.42 Å². The molecule has 0 fully saturated rings. The molecule has 0 saturated carbocycles. The van der Waals surface area contributed by atoms with E-state index in [1.807, 2.05) is 14.1 Å². The van der Waals surface area contributed by atoms with E-state index in [0.29, 0.717) is 6.54 Å². The first kappa shape index (κ1) is 14.4. The molecule has 1 N–H and O–H groups in total. The van der Waals surface area contributed by atoms with E-state index in [1.165, 1.54) is 18.2 Å². The van der Waals surface area contributed by atoms with Gasteiger partial charge in [-0.1, -0.05) is 12.1 Å². The summed E-state index contributed by atoms with van der Waals surface area (Å²) in [6, 6.07) is 6.00. The Balaban J connectivity index is 2.29. The van der Waals surface area contributed by atoms with Gasteiger partial charge in [-0.05, 0) is 50.8 Å². The molecule has 0 radical (unpaired) electrons. The molecular weight excluding hydrogens is 231 g/mol. The van der Waals surface area contributed by atoms with Gasteiger partial charge in [0.05, 0.1) is 0 Å². The molecule has 0 aliphatic heterocycles. The predicted octanol–water partition coefficient (Wildman–Crippen LogP) is 1.91. The fourth-order valence-electron chi connectivity index (χ4n) is 1.41. The minimum atomic E-state index is -0.278. The van der Waals surface area contributed by atoms with Gasteiger partial charge < -0.3 is 10.2 Å². The standard InChI is InChI=1S/C14H19FN2O/c1-17(2)11-3-10-16-14(18)9-6-12-4-7-13(15)8-5-12/h4-9H,3,10-11H2,1-2H3,(H,16,18). The third kappa shape index (κ3) is 6.15. The SMILES string of the molecule is CN(C)CCCNC(=O)C=Cc1ccc(F)cc1. The van der Waals surface area contributed by atoms with Crippen LogP contribution in [0.4, 0.5) is 4.39 Å². The lowest BCUT2D eigenvalue weighted by atomic mass is 10.2. The highest BCUT2D eigenvalue weighted by molar-refractivity contribution is 5.91. The number of nitrogens with one attached hydrogen (secondary N) is 1. The highest BCUT2D eigenvalue weighted by Gasteiger charge is 1.96. The third-order valence-electron chi connectivity index (χ3n) is 2.38. The molecule has 1 amide bonds. The third-order valence-corrected chi connectivity index (χ3v) is 2.38. The Hall–Kier alpha value is -1.68. The second-order valence-electron chi connectivity index (χ2n) is 4.33. The molecule has 0 aliphatic rings. The highest BCUT2D eigenvalue weighted by atomic mass is 19.1. The van der Waals surface area contributed by atoms with Crippen molar-refractivity contribution in [1.82, 2.24) is 10.2 Å². The quantitative estimate of drug-likeness (QED) is 0.618. The zero-order chi connectivity index (χ0) is 13.4. The van der Waals surface area contributed by atoms with Crippen molar-refractivity contribution in [3.05, 3.63) is 41.7 Å². The summed E-state index contributed by atoms with van der Waals surface area (Å²) in [6.45, 7) is 1.60. The van der Waals surface area contributed by atoms with Crippen LogP contribution in [0.25, 0.3) is 6.08 Å². The van der Waals surface area contributed by atoms with Gasteiger partial charge in [-0.2, -0.15) is 0 Å². The molecule has 0 saturated heterocycles. The van der Waals surface area contributed by atoms with Gasteiger partial charge in [0.25, 0.3) is 0 Å². The van der Waals surface area contributed by atoms with Crippen LogP contribution in [0.5, 0.6) is 0 Å². The van der Waals surface area contributed by atoms with Crippen LogP contribution < -0.4 is 5.32 Å². The van der Waals surface area contributed by atoms with Crippen molar-refractivity contribution in [3.63, 3.8) is 0 Å².